The molecule has 0 bridgehead atoms. The van der Waals surface area contributed by atoms with Crippen molar-refractivity contribution in [2.24, 2.45) is 0 Å². The standard InChI is InChI=1S/C21H28N4O2/c1-15-19(17-9-5-6-10-18(17)22-15)20(26)24-11-13-25(14-12-24)21(27)23-16-7-3-2-4-8-16/h5-6,9-10,16,22H,2-4,7-8,11-14H2,1H3,(H,23,27). The molecule has 1 saturated carbocycles. The summed E-state index contributed by atoms with van der Waals surface area (Å²) in [6.45, 7) is 4.28. The highest BCUT2D eigenvalue weighted by Gasteiger charge is 2.28. The van der Waals surface area contributed by atoms with E-state index in [0.29, 0.717) is 32.2 Å². The summed E-state index contributed by atoms with van der Waals surface area (Å²) in [5, 5.41) is 4.14. The lowest BCUT2D eigenvalue weighted by Gasteiger charge is -2.36. The number of carbonyl (C=O) groups is 2. The van der Waals surface area contributed by atoms with Gasteiger partial charge in [-0.2, -0.15) is 0 Å². The van der Waals surface area contributed by atoms with Crippen molar-refractivity contribution in [3.63, 3.8) is 0 Å². The Balaban J connectivity index is 1.37. The first kappa shape index (κ1) is 17.9. The molecule has 6 heteroatoms. The highest BCUT2D eigenvalue weighted by Crippen LogP contribution is 2.24. The van der Waals surface area contributed by atoms with Gasteiger partial charge in [0.2, 0.25) is 0 Å². The van der Waals surface area contributed by atoms with Crippen LogP contribution >= 0.6 is 0 Å². The molecule has 2 fully saturated rings. The second kappa shape index (κ2) is 7.62. The van der Waals surface area contributed by atoms with Crippen LogP contribution in [0.2, 0.25) is 0 Å². The second-order valence-electron chi connectivity index (χ2n) is 7.73. The van der Waals surface area contributed by atoms with Gasteiger partial charge in [0, 0.05) is 48.8 Å². The number of fused-ring (bicyclic) bond motifs is 1. The smallest absolute Gasteiger partial charge is 0.317 e. The summed E-state index contributed by atoms with van der Waals surface area (Å²) >= 11 is 0. The summed E-state index contributed by atoms with van der Waals surface area (Å²) in [5.41, 5.74) is 2.65. The van der Waals surface area contributed by atoms with Crippen LogP contribution in [0.15, 0.2) is 24.3 Å². The highest BCUT2D eigenvalue weighted by atomic mass is 16.2. The predicted octanol–water partition coefficient (Wildman–Crippen LogP) is 3.28. The first-order chi connectivity index (χ1) is 13.1. The average Bonchev–Trinajstić information content (AvgIpc) is 3.04. The Kier molecular flexibility index (Phi) is 5.05. The molecule has 1 aromatic heterocycles. The zero-order valence-electron chi connectivity index (χ0n) is 16.0. The number of hydrogen-bond acceptors (Lipinski definition) is 2. The maximum atomic E-state index is 13.1. The van der Waals surface area contributed by atoms with Crippen molar-refractivity contribution in [1.82, 2.24) is 20.1 Å². The third-order valence-electron chi connectivity index (χ3n) is 5.89. The number of piperazine rings is 1. The van der Waals surface area contributed by atoms with Crippen molar-refractivity contribution in [3.05, 3.63) is 35.5 Å². The molecular weight excluding hydrogens is 340 g/mol. The van der Waals surface area contributed by atoms with Gasteiger partial charge in [-0.05, 0) is 25.8 Å². The molecule has 144 valence electrons. The van der Waals surface area contributed by atoms with Crippen LogP contribution in [0.4, 0.5) is 4.79 Å². The van der Waals surface area contributed by atoms with Crippen LogP contribution in [0.1, 0.15) is 48.2 Å². The van der Waals surface area contributed by atoms with Gasteiger partial charge in [0.1, 0.15) is 0 Å². The number of hydrogen-bond donors (Lipinski definition) is 2. The number of carbonyl (C=O) groups excluding carboxylic acids is 2. The number of nitrogens with zero attached hydrogens (tertiary/aromatic N) is 2. The Hall–Kier alpha value is -2.50. The van der Waals surface area contributed by atoms with Crippen molar-refractivity contribution >= 4 is 22.8 Å². The lowest BCUT2D eigenvalue weighted by molar-refractivity contribution is 0.0663. The van der Waals surface area contributed by atoms with E-state index in [1.165, 1.54) is 19.3 Å². The van der Waals surface area contributed by atoms with Gasteiger partial charge in [-0.3, -0.25) is 4.79 Å². The molecule has 1 saturated heterocycles. The molecule has 0 unspecified atom stereocenters. The number of rotatable bonds is 2. The van der Waals surface area contributed by atoms with Gasteiger partial charge in [0.15, 0.2) is 0 Å². The molecule has 1 aromatic carbocycles. The van der Waals surface area contributed by atoms with Gasteiger partial charge in [0.05, 0.1) is 5.56 Å². The van der Waals surface area contributed by atoms with Crippen molar-refractivity contribution in [3.8, 4) is 0 Å². The van der Waals surface area contributed by atoms with Crippen LogP contribution in [-0.2, 0) is 0 Å². The second-order valence-corrected chi connectivity index (χ2v) is 7.73. The molecule has 0 atom stereocenters. The molecule has 2 N–H and O–H groups in total. The Bertz CT molecular complexity index is 830. The van der Waals surface area contributed by atoms with E-state index in [0.717, 1.165) is 35.0 Å². The molecule has 27 heavy (non-hydrogen) atoms. The zero-order valence-corrected chi connectivity index (χ0v) is 16.0. The number of H-pyrrole nitrogens is 1. The number of amides is 3. The Morgan fingerprint density at radius 3 is 2.41 bits per heavy atom. The van der Waals surface area contributed by atoms with Crippen molar-refractivity contribution in [2.45, 2.75) is 45.1 Å². The van der Waals surface area contributed by atoms with Gasteiger partial charge in [0.25, 0.3) is 5.91 Å². The van der Waals surface area contributed by atoms with E-state index in [-0.39, 0.29) is 11.9 Å². The quantitative estimate of drug-likeness (QED) is 0.854. The number of nitrogens with one attached hydrogen (secondary N) is 2. The molecule has 2 heterocycles. The van der Waals surface area contributed by atoms with Crippen LogP contribution in [0.5, 0.6) is 0 Å². The van der Waals surface area contributed by atoms with Crippen LogP contribution in [0.3, 0.4) is 0 Å². The van der Waals surface area contributed by atoms with Crippen molar-refractivity contribution < 1.29 is 9.59 Å². The minimum absolute atomic E-state index is 0.0253. The Morgan fingerprint density at radius 1 is 1.00 bits per heavy atom. The third-order valence-corrected chi connectivity index (χ3v) is 5.89. The van der Waals surface area contributed by atoms with E-state index >= 15 is 0 Å². The minimum Gasteiger partial charge on any atom is -0.358 e. The van der Waals surface area contributed by atoms with E-state index in [9.17, 15) is 9.59 Å². The van der Waals surface area contributed by atoms with Crippen LogP contribution in [-0.4, -0.2) is 58.9 Å². The molecule has 4 rings (SSSR count). The lowest BCUT2D eigenvalue weighted by Crippen LogP contribution is -2.54. The van der Waals surface area contributed by atoms with E-state index in [2.05, 4.69) is 10.3 Å². The maximum Gasteiger partial charge on any atom is 0.317 e. The van der Waals surface area contributed by atoms with Crippen molar-refractivity contribution in [2.75, 3.05) is 26.2 Å². The van der Waals surface area contributed by atoms with E-state index in [1.54, 1.807) is 0 Å². The molecular formula is C21H28N4O2. The van der Waals surface area contributed by atoms with Gasteiger partial charge in [-0.1, -0.05) is 37.5 Å². The summed E-state index contributed by atoms with van der Waals surface area (Å²) in [4.78, 5) is 32.6. The summed E-state index contributed by atoms with van der Waals surface area (Å²) in [6, 6.07) is 8.25. The van der Waals surface area contributed by atoms with Crippen LogP contribution in [0.25, 0.3) is 10.9 Å². The number of aryl methyl sites for hydroxylation is 1. The zero-order chi connectivity index (χ0) is 18.8. The number of benzene rings is 1. The summed E-state index contributed by atoms with van der Waals surface area (Å²) < 4.78 is 0. The third kappa shape index (κ3) is 3.66. The van der Waals surface area contributed by atoms with Gasteiger partial charge in [-0.15, -0.1) is 0 Å². The fraction of sp³-hybridized carbons (Fsp3) is 0.524. The van der Waals surface area contributed by atoms with Gasteiger partial charge in [-0.25, -0.2) is 4.79 Å². The first-order valence-electron chi connectivity index (χ1n) is 10.1. The van der Waals surface area contributed by atoms with Crippen LogP contribution < -0.4 is 5.32 Å². The highest BCUT2D eigenvalue weighted by molar-refractivity contribution is 6.08. The molecule has 0 spiro atoms. The molecule has 1 aliphatic carbocycles. The molecule has 2 aliphatic rings. The largest absolute Gasteiger partial charge is 0.358 e. The predicted molar refractivity (Wildman–Crippen MR) is 106 cm³/mol. The number of para-hydroxylation sites is 1. The number of aromatic amines is 1. The molecule has 3 amide bonds. The van der Waals surface area contributed by atoms with E-state index in [1.807, 2.05) is 41.0 Å². The lowest BCUT2D eigenvalue weighted by atomic mass is 9.96. The topological polar surface area (TPSA) is 68.4 Å². The SMILES string of the molecule is Cc1[nH]c2ccccc2c1C(=O)N1CCN(C(=O)NC2CCCCC2)CC1. The monoisotopic (exact) mass is 368 g/mol. The molecule has 0 radical (unpaired) electrons. The summed E-state index contributed by atoms with van der Waals surface area (Å²) in [7, 11) is 0. The minimum atomic E-state index is 0.0253. The average molecular weight is 368 g/mol. The summed E-state index contributed by atoms with van der Waals surface area (Å²) in [5.74, 6) is 0.0530. The van der Waals surface area contributed by atoms with E-state index < -0.39 is 0 Å². The summed E-state index contributed by atoms with van der Waals surface area (Å²) in [6.07, 6.45) is 5.86. The van der Waals surface area contributed by atoms with Gasteiger partial charge < -0.3 is 20.1 Å². The maximum absolute atomic E-state index is 13.1. The van der Waals surface area contributed by atoms with Crippen LogP contribution in [0, 0.1) is 6.92 Å². The Labute approximate surface area is 159 Å². The first-order valence-corrected chi connectivity index (χ1v) is 10.1. The normalized spacial score (nSPS) is 18.7. The van der Waals surface area contributed by atoms with Gasteiger partial charge >= 0.3 is 6.03 Å². The van der Waals surface area contributed by atoms with E-state index in [4.69, 9.17) is 0 Å². The molecule has 6 nitrogen and oxygen atoms in total. The fourth-order valence-electron chi connectivity index (χ4n) is 4.34. The number of aromatic nitrogens is 1. The molecule has 2 aromatic rings. The Morgan fingerprint density at radius 2 is 1.67 bits per heavy atom. The fourth-order valence-corrected chi connectivity index (χ4v) is 4.34. The number of urea groups is 1. The molecule has 1 aliphatic heterocycles. The van der Waals surface area contributed by atoms with Crippen molar-refractivity contribution in [1.29, 1.82) is 0 Å².